The van der Waals surface area contributed by atoms with Gasteiger partial charge in [-0.15, -0.1) is 0 Å². The molecule has 12 rings (SSSR count). The van der Waals surface area contributed by atoms with Crippen LogP contribution in [0.25, 0.3) is 98.8 Å². The van der Waals surface area contributed by atoms with Gasteiger partial charge in [0.2, 0.25) is 0 Å². The van der Waals surface area contributed by atoms with Crippen LogP contribution in [0.5, 0.6) is 0 Å². The minimum Gasteiger partial charge on any atom is -0.456 e. The van der Waals surface area contributed by atoms with E-state index >= 15 is 0 Å². The third kappa shape index (κ3) is 6.29. The maximum atomic E-state index is 6.22. The topological polar surface area (TPSA) is 16.4 Å². The number of benzene rings is 11. The molecule has 1 heterocycles. The monoisotopic (exact) mass is 789 g/mol. The molecular formula is C60H39NO. The van der Waals surface area contributed by atoms with E-state index in [-0.39, 0.29) is 0 Å². The molecule has 0 radical (unpaired) electrons. The minimum atomic E-state index is 0.894. The zero-order valence-electron chi connectivity index (χ0n) is 33.9. The summed E-state index contributed by atoms with van der Waals surface area (Å²) < 4.78 is 6.22. The summed E-state index contributed by atoms with van der Waals surface area (Å²) in [5.41, 5.74) is 14.3. The van der Waals surface area contributed by atoms with Crippen molar-refractivity contribution in [2.24, 2.45) is 0 Å². The number of furan rings is 1. The highest BCUT2D eigenvalue weighted by Gasteiger charge is 2.20. The number of para-hydroxylation sites is 1. The smallest absolute Gasteiger partial charge is 0.135 e. The van der Waals surface area contributed by atoms with Gasteiger partial charge in [0.25, 0.3) is 0 Å². The quantitative estimate of drug-likeness (QED) is 0.150. The van der Waals surface area contributed by atoms with Crippen LogP contribution in [-0.4, -0.2) is 0 Å². The number of rotatable bonds is 7. The highest BCUT2D eigenvalue weighted by Crippen LogP contribution is 2.45. The standard InChI is InChI=1S/C60H39NO/c1-2-12-42(13-3-1)55-33-28-49(47-23-21-40-11-4-5-15-44(40)35-47)39-58(55)61(52-17-10-16-45(37-52)48-29-34-60-57(38-48)56-19-8-9-20-59(56)62-60)51-30-25-41(26-31-51)46-27-32-54-50(36-46)24-22-43-14-6-7-18-53(43)54/h1-39H. The van der Waals surface area contributed by atoms with E-state index in [1.165, 1.54) is 49.0 Å². The van der Waals surface area contributed by atoms with Crippen LogP contribution < -0.4 is 4.90 Å². The predicted octanol–water partition coefficient (Wildman–Crippen LogP) is 17.2. The van der Waals surface area contributed by atoms with Crippen molar-refractivity contribution in [2.75, 3.05) is 4.90 Å². The second-order valence-corrected chi connectivity index (χ2v) is 16.1. The van der Waals surface area contributed by atoms with Crippen LogP contribution in [0.2, 0.25) is 0 Å². The average molecular weight is 790 g/mol. The lowest BCUT2D eigenvalue weighted by molar-refractivity contribution is 0.669. The third-order valence-corrected chi connectivity index (χ3v) is 12.4. The van der Waals surface area contributed by atoms with Crippen molar-refractivity contribution in [3.63, 3.8) is 0 Å². The molecule has 1 aromatic heterocycles. The summed E-state index contributed by atoms with van der Waals surface area (Å²) >= 11 is 0. The Kier molecular flexibility index (Phi) is 8.53. The van der Waals surface area contributed by atoms with E-state index in [4.69, 9.17) is 4.42 Å². The van der Waals surface area contributed by atoms with Crippen molar-refractivity contribution in [3.8, 4) is 44.5 Å². The van der Waals surface area contributed by atoms with Crippen molar-refractivity contribution < 1.29 is 4.42 Å². The zero-order valence-corrected chi connectivity index (χ0v) is 33.9. The molecule has 0 unspecified atom stereocenters. The second kappa shape index (κ2) is 14.8. The second-order valence-electron chi connectivity index (χ2n) is 16.1. The van der Waals surface area contributed by atoms with Gasteiger partial charge in [0, 0.05) is 27.7 Å². The molecule has 0 amide bonds. The molecule has 12 aromatic rings. The summed E-state index contributed by atoms with van der Waals surface area (Å²) in [6.45, 7) is 0. The lowest BCUT2D eigenvalue weighted by Gasteiger charge is -2.29. The molecule has 0 aliphatic heterocycles. The predicted molar refractivity (Wildman–Crippen MR) is 263 cm³/mol. The summed E-state index contributed by atoms with van der Waals surface area (Å²) in [7, 11) is 0. The zero-order chi connectivity index (χ0) is 41.0. The van der Waals surface area contributed by atoms with Gasteiger partial charge in [-0.3, -0.25) is 0 Å². The minimum absolute atomic E-state index is 0.894. The highest BCUT2D eigenvalue weighted by atomic mass is 16.3. The molecule has 0 fully saturated rings. The molecule has 0 atom stereocenters. The fraction of sp³-hybridized carbons (Fsp3) is 0. The van der Waals surface area contributed by atoms with Crippen LogP contribution in [-0.2, 0) is 0 Å². The van der Waals surface area contributed by atoms with E-state index < -0.39 is 0 Å². The maximum Gasteiger partial charge on any atom is 0.135 e. The molecular weight excluding hydrogens is 751 g/mol. The molecule has 290 valence electrons. The molecule has 2 nitrogen and oxygen atoms in total. The summed E-state index contributed by atoms with van der Waals surface area (Å²) in [5.74, 6) is 0. The summed E-state index contributed by atoms with van der Waals surface area (Å²) in [6, 6.07) is 85.8. The van der Waals surface area contributed by atoms with Gasteiger partial charge < -0.3 is 9.32 Å². The Morgan fingerprint density at radius 3 is 1.71 bits per heavy atom. The normalized spacial score (nSPS) is 11.5. The number of hydrogen-bond acceptors (Lipinski definition) is 2. The SMILES string of the molecule is c1ccc(-c2ccc(-c3ccc4ccccc4c3)cc2N(c2ccc(-c3ccc4c(ccc5ccccc54)c3)cc2)c2cccc(-c3ccc4oc5ccccc5c4c3)c2)cc1. The number of nitrogens with zero attached hydrogens (tertiary/aromatic N) is 1. The first-order valence-corrected chi connectivity index (χ1v) is 21.2. The van der Waals surface area contributed by atoms with E-state index in [0.29, 0.717) is 0 Å². The third-order valence-electron chi connectivity index (χ3n) is 12.4. The molecule has 2 heteroatoms. The Morgan fingerprint density at radius 2 is 0.823 bits per heavy atom. The van der Waals surface area contributed by atoms with Gasteiger partial charge in [-0.05, 0) is 132 Å². The van der Waals surface area contributed by atoms with Crippen LogP contribution >= 0.6 is 0 Å². The van der Waals surface area contributed by atoms with E-state index in [1.54, 1.807) is 0 Å². The molecule has 0 spiro atoms. The summed E-state index contributed by atoms with van der Waals surface area (Å²) in [5, 5.41) is 9.75. The van der Waals surface area contributed by atoms with Crippen molar-refractivity contribution in [2.45, 2.75) is 0 Å². The van der Waals surface area contributed by atoms with E-state index in [9.17, 15) is 0 Å². The number of fused-ring (bicyclic) bond motifs is 7. The van der Waals surface area contributed by atoms with Gasteiger partial charge in [0.1, 0.15) is 11.2 Å². The molecule has 62 heavy (non-hydrogen) atoms. The van der Waals surface area contributed by atoms with Crippen LogP contribution in [0.1, 0.15) is 0 Å². The summed E-state index contributed by atoms with van der Waals surface area (Å²) in [6.07, 6.45) is 0. The molecule has 0 aliphatic rings. The van der Waals surface area contributed by atoms with Crippen LogP contribution in [0.15, 0.2) is 241 Å². The van der Waals surface area contributed by atoms with Gasteiger partial charge >= 0.3 is 0 Å². The van der Waals surface area contributed by atoms with Crippen molar-refractivity contribution in [1.82, 2.24) is 0 Å². The first kappa shape index (κ1) is 35.7. The fourth-order valence-electron chi connectivity index (χ4n) is 9.28. The molecule has 0 bridgehead atoms. The Balaban J connectivity index is 1.03. The first-order valence-electron chi connectivity index (χ1n) is 21.2. The van der Waals surface area contributed by atoms with Crippen molar-refractivity contribution in [3.05, 3.63) is 237 Å². The molecule has 0 saturated carbocycles. The Bertz CT molecular complexity index is 3640. The number of anilines is 3. The van der Waals surface area contributed by atoms with Gasteiger partial charge in [0.15, 0.2) is 0 Å². The Morgan fingerprint density at radius 1 is 0.258 bits per heavy atom. The number of hydrogen-bond donors (Lipinski definition) is 0. The Hall–Kier alpha value is -8.20. The van der Waals surface area contributed by atoms with Crippen molar-refractivity contribution in [1.29, 1.82) is 0 Å². The van der Waals surface area contributed by atoms with E-state index in [2.05, 4.69) is 229 Å². The lowest BCUT2D eigenvalue weighted by Crippen LogP contribution is -2.11. The summed E-state index contributed by atoms with van der Waals surface area (Å²) in [4.78, 5) is 2.43. The molecule has 0 saturated heterocycles. The fourth-order valence-corrected chi connectivity index (χ4v) is 9.28. The Labute approximate surface area is 360 Å². The average Bonchev–Trinajstić information content (AvgIpc) is 3.72. The molecule has 0 N–H and O–H groups in total. The van der Waals surface area contributed by atoms with Crippen molar-refractivity contribution >= 4 is 71.3 Å². The molecule has 11 aromatic carbocycles. The van der Waals surface area contributed by atoms with Gasteiger partial charge in [-0.25, -0.2) is 0 Å². The van der Waals surface area contributed by atoms with Gasteiger partial charge in [0.05, 0.1) is 5.69 Å². The van der Waals surface area contributed by atoms with Crippen LogP contribution in [0, 0.1) is 0 Å². The van der Waals surface area contributed by atoms with E-state index in [0.717, 1.165) is 66.8 Å². The van der Waals surface area contributed by atoms with E-state index in [1.807, 2.05) is 12.1 Å². The van der Waals surface area contributed by atoms with Crippen LogP contribution in [0.4, 0.5) is 17.1 Å². The maximum absolute atomic E-state index is 6.22. The van der Waals surface area contributed by atoms with Gasteiger partial charge in [-0.2, -0.15) is 0 Å². The lowest BCUT2D eigenvalue weighted by atomic mass is 9.95. The largest absolute Gasteiger partial charge is 0.456 e. The van der Waals surface area contributed by atoms with Crippen LogP contribution in [0.3, 0.4) is 0 Å². The van der Waals surface area contributed by atoms with Gasteiger partial charge in [-0.1, -0.05) is 176 Å². The first-order chi connectivity index (χ1) is 30.7. The highest BCUT2D eigenvalue weighted by molar-refractivity contribution is 6.09. The molecule has 0 aliphatic carbocycles.